The Labute approximate surface area is 81.4 Å². The van der Waals surface area contributed by atoms with Crippen LogP contribution in [-0.2, 0) is 0 Å². The average Bonchev–Trinajstić information content (AvgIpc) is 2.19. The van der Waals surface area contributed by atoms with Crippen molar-refractivity contribution in [1.82, 2.24) is 0 Å². The predicted molar refractivity (Wildman–Crippen MR) is 52.3 cm³/mol. The van der Waals surface area contributed by atoms with Crippen LogP contribution >= 0.6 is 0 Å². The number of phenolic OH excluding ortho intramolecular Hbond substituents is 1. The third-order valence-electron chi connectivity index (χ3n) is 1.99. The molecular weight excluding hydrogens is 179 g/mol. The largest absolute Gasteiger partial charge is 0.507 e. The normalized spacial score (nSPS) is 10.1. The molecule has 0 aliphatic carbocycles. The molecule has 0 aliphatic rings. The lowest BCUT2D eigenvalue weighted by molar-refractivity contribution is 0.471. The Bertz CT molecular complexity index is 437. The molecule has 0 saturated carbocycles. The highest BCUT2D eigenvalue weighted by Gasteiger charge is 2.03. The summed E-state index contributed by atoms with van der Waals surface area (Å²) in [6, 6.07) is 14.0. The van der Waals surface area contributed by atoms with Crippen molar-refractivity contribution < 1.29 is 9.50 Å². The van der Waals surface area contributed by atoms with E-state index in [0.29, 0.717) is 5.56 Å². The highest BCUT2D eigenvalue weighted by molar-refractivity contribution is 5.69. The smallest absolute Gasteiger partial charge is 0.126 e. The van der Waals surface area contributed by atoms with Crippen molar-refractivity contribution in [3.05, 3.63) is 54.3 Å². The Balaban J connectivity index is 2.53. The zero-order valence-corrected chi connectivity index (χ0v) is 7.37. The molecule has 0 heterocycles. The molecule has 69 valence electrons. The van der Waals surface area contributed by atoms with Crippen LogP contribution < -0.4 is 0 Å². The number of aromatic hydroxyl groups is 1. The minimum Gasteiger partial charge on any atom is -0.507 e. The first-order valence-electron chi connectivity index (χ1n) is 4.22. The average molecular weight is 187 g/mol. The van der Waals surface area contributed by atoms with E-state index in [1.807, 2.05) is 12.1 Å². The van der Waals surface area contributed by atoms with Gasteiger partial charge in [0.2, 0.25) is 0 Å². The van der Waals surface area contributed by atoms with Gasteiger partial charge in [0.25, 0.3) is 0 Å². The number of phenols is 1. The van der Waals surface area contributed by atoms with Gasteiger partial charge >= 0.3 is 0 Å². The molecule has 0 aromatic heterocycles. The molecule has 0 amide bonds. The second-order valence-electron chi connectivity index (χ2n) is 2.95. The fourth-order valence-electron chi connectivity index (χ4n) is 1.32. The zero-order valence-electron chi connectivity index (χ0n) is 7.37. The van der Waals surface area contributed by atoms with E-state index in [0.717, 1.165) is 11.6 Å². The molecule has 2 heteroatoms. The van der Waals surface area contributed by atoms with Crippen LogP contribution in [0.5, 0.6) is 5.75 Å². The molecule has 0 bridgehead atoms. The molecule has 2 aromatic rings. The lowest BCUT2D eigenvalue weighted by atomic mass is 10.1. The number of hydrogen-bond acceptors (Lipinski definition) is 1. The van der Waals surface area contributed by atoms with Crippen LogP contribution in [0.15, 0.2) is 42.5 Å². The molecule has 14 heavy (non-hydrogen) atoms. The molecule has 0 aliphatic heterocycles. The molecule has 0 fully saturated rings. The zero-order chi connectivity index (χ0) is 9.97. The Morgan fingerprint density at radius 1 is 1.07 bits per heavy atom. The summed E-state index contributed by atoms with van der Waals surface area (Å²) >= 11 is 0. The fraction of sp³-hybridized carbons (Fsp3) is 0. The van der Waals surface area contributed by atoms with Gasteiger partial charge in [-0.2, -0.15) is 0 Å². The van der Waals surface area contributed by atoms with Gasteiger partial charge < -0.3 is 5.11 Å². The van der Waals surface area contributed by atoms with E-state index in [9.17, 15) is 9.50 Å². The van der Waals surface area contributed by atoms with Gasteiger partial charge in [-0.25, -0.2) is 4.39 Å². The van der Waals surface area contributed by atoms with Crippen LogP contribution in [0.25, 0.3) is 11.1 Å². The maximum Gasteiger partial charge on any atom is 0.126 e. The first kappa shape index (κ1) is 8.75. The third kappa shape index (κ3) is 1.59. The van der Waals surface area contributed by atoms with Crippen LogP contribution in [-0.4, -0.2) is 5.11 Å². The van der Waals surface area contributed by atoms with E-state index >= 15 is 0 Å². The predicted octanol–water partition coefficient (Wildman–Crippen LogP) is 3.00. The van der Waals surface area contributed by atoms with Crippen molar-refractivity contribution in [3.8, 4) is 16.9 Å². The molecule has 0 atom stereocenters. The van der Waals surface area contributed by atoms with E-state index in [1.165, 1.54) is 6.07 Å². The van der Waals surface area contributed by atoms with Crippen molar-refractivity contribution in [1.29, 1.82) is 0 Å². The summed E-state index contributed by atoms with van der Waals surface area (Å²) in [5.74, 6) is -0.482. The van der Waals surface area contributed by atoms with Crippen molar-refractivity contribution >= 4 is 0 Å². The Hall–Kier alpha value is -1.83. The molecule has 1 radical (unpaired) electrons. The first-order valence-corrected chi connectivity index (χ1v) is 4.22. The summed E-state index contributed by atoms with van der Waals surface area (Å²) in [6.07, 6.45) is 0. The van der Waals surface area contributed by atoms with E-state index in [1.54, 1.807) is 18.2 Å². The number of rotatable bonds is 1. The van der Waals surface area contributed by atoms with E-state index in [2.05, 4.69) is 6.07 Å². The molecule has 2 aromatic carbocycles. The Morgan fingerprint density at radius 2 is 1.79 bits per heavy atom. The molecule has 1 nitrogen and oxygen atoms in total. The molecular formula is C12H8FO. The molecule has 0 unspecified atom stereocenters. The Morgan fingerprint density at radius 3 is 2.43 bits per heavy atom. The fourth-order valence-corrected chi connectivity index (χ4v) is 1.32. The SMILES string of the molecule is Oc1cc(F)ccc1-c1cc[c]cc1. The van der Waals surface area contributed by atoms with Gasteiger partial charge in [0, 0.05) is 11.6 Å². The summed E-state index contributed by atoms with van der Waals surface area (Å²) in [4.78, 5) is 0. The highest BCUT2D eigenvalue weighted by Crippen LogP contribution is 2.28. The van der Waals surface area contributed by atoms with Gasteiger partial charge in [-0.3, -0.25) is 0 Å². The van der Waals surface area contributed by atoms with Gasteiger partial charge in [-0.1, -0.05) is 24.3 Å². The number of benzene rings is 2. The quantitative estimate of drug-likeness (QED) is 0.727. The second kappa shape index (κ2) is 3.50. The second-order valence-corrected chi connectivity index (χ2v) is 2.95. The lowest BCUT2D eigenvalue weighted by Gasteiger charge is -2.03. The van der Waals surface area contributed by atoms with Gasteiger partial charge in [0.1, 0.15) is 11.6 Å². The topological polar surface area (TPSA) is 20.2 Å². The van der Waals surface area contributed by atoms with E-state index < -0.39 is 5.82 Å². The van der Waals surface area contributed by atoms with Crippen molar-refractivity contribution in [2.75, 3.05) is 0 Å². The number of halogens is 1. The summed E-state index contributed by atoms with van der Waals surface area (Å²) in [5.41, 5.74) is 1.47. The van der Waals surface area contributed by atoms with Gasteiger partial charge in [0.05, 0.1) is 0 Å². The maximum atomic E-state index is 12.7. The van der Waals surface area contributed by atoms with Crippen molar-refractivity contribution in [2.45, 2.75) is 0 Å². The van der Waals surface area contributed by atoms with Gasteiger partial charge in [-0.05, 0) is 23.8 Å². The minimum atomic E-state index is -0.436. The van der Waals surface area contributed by atoms with Gasteiger partial charge in [0.15, 0.2) is 0 Å². The molecule has 0 saturated heterocycles. The maximum absolute atomic E-state index is 12.7. The van der Waals surface area contributed by atoms with Crippen molar-refractivity contribution in [2.24, 2.45) is 0 Å². The van der Waals surface area contributed by atoms with Crippen molar-refractivity contribution in [3.63, 3.8) is 0 Å². The summed E-state index contributed by atoms with van der Waals surface area (Å²) in [6.45, 7) is 0. The Kier molecular flexibility index (Phi) is 2.19. The monoisotopic (exact) mass is 187 g/mol. The molecule has 1 N–H and O–H groups in total. The summed E-state index contributed by atoms with van der Waals surface area (Å²) in [7, 11) is 0. The first-order chi connectivity index (χ1) is 6.77. The highest BCUT2D eigenvalue weighted by atomic mass is 19.1. The van der Waals surface area contributed by atoms with Crippen LogP contribution in [0.2, 0.25) is 0 Å². The number of hydrogen-bond donors (Lipinski definition) is 1. The summed E-state index contributed by atoms with van der Waals surface area (Å²) < 4.78 is 12.7. The molecule has 2 rings (SSSR count). The van der Waals surface area contributed by atoms with Gasteiger partial charge in [-0.15, -0.1) is 0 Å². The van der Waals surface area contributed by atoms with E-state index in [4.69, 9.17) is 0 Å². The minimum absolute atomic E-state index is 0.0452. The van der Waals surface area contributed by atoms with Crippen LogP contribution in [0.3, 0.4) is 0 Å². The van der Waals surface area contributed by atoms with E-state index in [-0.39, 0.29) is 5.75 Å². The van der Waals surface area contributed by atoms with Crippen LogP contribution in [0, 0.1) is 11.9 Å². The standard InChI is InChI=1S/C12H8FO/c13-10-6-7-11(12(14)8-10)9-4-2-1-3-5-9/h2-8,14H. The summed E-state index contributed by atoms with van der Waals surface area (Å²) in [5, 5.41) is 9.49. The van der Waals surface area contributed by atoms with Crippen LogP contribution in [0.4, 0.5) is 4.39 Å². The third-order valence-corrected chi connectivity index (χ3v) is 1.99. The lowest BCUT2D eigenvalue weighted by Crippen LogP contribution is -1.80. The molecule has 0 spiro atoms. The van der Waals surface area contributed by atoms with Crippen LogP contribution in [0.1, 0.15) is 0 Å².